The van der Waals surface area contributed by atoms with E-state index in [-0.39, 0.29) is 0 Å². The van der Waals surface area contributed by atoms with Gasteiger partial charge in [-0.15, -0.1) is 11.3 Å². The van der Waals surface area contributed by atoms with Crippen LogP contribution in [0.15, 0.2) is 72.9 Å². The molecular weight excluding hydrogens is 322 g/mol. The van der Waals surface area contributed by atoms with Crippen LogP contribution < -0.4 is 4.57 Å². The molecule has 0 aliphatic carbocycles. The smallest absolute Gasteiger partial charge is 0.200 e. The lowest BCUT2D eigenvalue weighted by Gasteiger charge is -2.05. The van der Waals surface area contributed by atoms with E-state index in [0.29, 0.717) is 0 Å². The molecule has 1 nitrogen and oxygen atoms in total. The molecule has 0 unspecified atom stereocenters. The lowest BCUT2D eigenvalue weighted by Crippen LogP contribution is -2.30. The van der Waals surface area contributed by atoms with Gasteiger partial charge in [-0.3, -0.25) is 0 Å². The average Bonchev–Trinajstić information content (AvgIpc) is 3.01. The van der Waals surface area contributed by atoms with Crippen LogP contribution in [0.25, 0.3) is 42.2 Å². The van der Waals surface area contributed by atoms with Crippen LogP contribution in [-0.2, 0) is 7.05 Å². The monoisotopic (exact) mass is 340 g/mol. The highest BCUT2D eigenvalue weighted by molar-refractivity contribution is 7.26. The highest BCUT2D eigenvalue weighted by atomic mass is 32.1. The summed E-state index contributed by atoms with van der Waals surface area (Å²) in [5.41, 5.74) is 3.93. The lowest BCUT2D eigenvalue weighted by molar-refractivity contribution is -0.659. The minimum absolute atomic E-state index is 1.31. The van der Waals surface area contributed by atoms with Crippen LogP contribution in [0.2, 0.25) is 0 Å². The Labute approximate surface area is 150 Å². The molecule has 0 aliphatic rings. The molecule has 2 heteroatoms. The molecule has 120 valence electrons. The summed E-state index contributed by atoms with van der Waals surface area (Å²) in [6, 6.07) is 24.1. The fourth-order valence-corrected chi connectivity index (χ4v) is 5.11. The standard InChI is InChI=1S/C23H18NS/c1-15-7-3-5-9-17(15)22-23-19(13-14-24(22)2)21-18-10-6-4-8-16(18)11-12-20(21)25-23/h3-14H,1-2H3/q+1. The van der Waals surface area contributed by atoms with E-state index in [9.17, 15) is 0 Å². The summed E-state index contributed by atoms with van der Waals surface area (Å²) in [7, 11) is 2.14. The third-order valence-corrected chi connectivity index (χ3v) is 6.23. The zero-order valence-corrected chi connectivity index (χ0v) is 15.1. The fourth-order valence-electron chi connectivity index (χ4n) is 3.80. The predicted molar refractivity (Wildman–Crippen MR) is 108 cm³/mol. The summed E-state index contributed by atoms with van der Waals surface area (Å²) in [6.07, 6.45) is 2.19. The molecule has 2 heterocycles. The molecule has 0 saturated heterocycles. The topological polar surface area (TPSA) is 3.88 Å². The minimum atomic E-state index is 1.31. The van der Waals surface area contributed by atoms with Gasteiger partial charge in [-0.25, -0.2) is 0 Å². The fraction of sp³-hybridized carbons (Fsp3) is 0.0870. The van der Waals surface area contributed by atoms with Crippen LogP contribution >= 0.6 is 11.3 Å². The Morgan fingerprint density at radius 2 is 1.60 bits per heavy atom. The van der Waals surface area contributed by atoms with Gasteiger partial charge in [-0.05, 0) is 35.4 Å². The van der Waals surface area contributed by atoms with Gasteiger partial charge < -0.3 is 0 Å². The van der Waals surface area contributed by atoms with Crippen LogP contribution in [0, 0.1) is 6.92 Å². The first kappa shape index (κ1) is 14.6. The Morgan fingerprint density at radius 1 is 0.800 bits per heavy atom. The maximum absolute atomic E-state index is 2.27. The van der Waals surface area contributed by atoms with Gasteiger partial charge in [-0.2, -0.15) is 4.57 Å². The number of thiophene rings is 1. The van der Waals surface area contributed by atoms with Gasteiger partial charge in [0.25, 0.3) is 0 Å². The molecule has 5 aromatic rings. The molecule has 0 fully saturated rings. The van der Waals surface area contributed by atoms with Crippen molar-refractivity contribution in [1.82, 2.24) is 0 Å². The van der Waals surface area contributed by atoms with E-state index < -0.39 is 0 Å². The molecule has 0 atom stereocenters. The zero-order valence-electron chi connectivity index (χ0n) is 14.3. The molecule has 0 aliphatic heterocycles. The molecule has 3 aromatic carbocycles. The van der Waals surface area contributed by atoms with Crippen molar-refractivity contribution >= 4 is 42.3 Å². The Kier molecular flexibility index (Phi) is 3.16. The number of rotatable bonds is 1. The molecule has 5 rings (SSSR count). The summed E-state index contributed by atoms with van der Waals surface area (Å²) in [5, 5.41) is 5.39. The summed E-state index contributed by atoms with van der Waals surface area (Å²) >= 11 is 1.90. The van der Waals surface area contributed by atoms with Crippen molar-refractivity contribution in [2.45, 2.75) is 6.92 Å². The Hall–Kier alpha value is -2.71. The summed E-state index contributed by atoms with van der Waals surface area (Å²) in [5.74, 6) is 0. The number of nitrogens with zero attached hydrogens (tertiary/aromatic N) is 1. The van der Waals surface area contributed by atoms with Gasteiger partial charge >= 0.3 is 0 Å². The molecule has 0 amide bonds. The average molecular weight is 340 g/mol. The number of fused-ring (bicyclic) bond motifs is 5. The van der Waals surface area contributed by atoms with Crippen molar-refractivity contribution in [2.24, 2.45) is 7.05 Å². The number of hydrogen-bond acceptors (Lipinski definition) is 1. The van der Waals surface area contributed by atoms with Crippen LogP contribution in [0.1, 0.15) is 5.56 Å². The molecular formula is C23H18NS+. The summed E-state index contributed by atoms with van der Waals surface area (Å²) < 4.78 is 4.97. The van der Waals surface area contributed by atoms with Gasteiger partial charge in [0.15, 0.2) is 6.20 Å². The second-order valence-electron chi connectivity index (χ2n) is 6.59. The van der Waals surface area contributed by atoms with E-state index in [0.717, 1.165) is 0 Å². The molecule has 2 aromatic heterocycles. The van der Waals surface area contributed by atoms with Crippen LogP contribution in [0.5, 0.6) is 0 Å². The number of benzene rings is 3. The zero-order chi connectivity index (χ0) is 17.0. The lowest BCUT2D eigenvalue weighted by atomic mass is 10.0. The quantitative estimate of drug-likeness (QED) is 0.329. The van der Waals surface area contributed by atoms with Crippen molar-refractivity contribution in [1.29, 1.82) is 0 Å². The Morgan fingerprint density at radius 3 is 2.48 bits per heavy atom. The number of pyridine rings is 1. The SMILES string of the molecule is Cc1ccccc1-c1c2sc3ccc4ccccc4c3c2cc[n+]1C. The first-order valence-corrected chi connectivity index (χ1v) is 9.34. The highest BCUT2D eigenvalue weighted by Gasteiger charge is 2.20. The normalized spacial score (nSPS) is 11.6. The maximum atomic E-state index is 2.27. The van der Waals surface area contributed by atoms with Gasteiger partial charge in [0.1, 0.15) is 11.7 Å². The minimum Gasteiger partial charge on any atom is -0.200 e. The van der Waals surface area contributed by atoms with Crippen molar-refractivity contribution in [3.63, 3.8) is 0 Å². The third-order valence-electron chi connectivity index (χ3n) is 5.05. The van der Waals surface area contributed by atoms with Gasteiger partial charge in [-0.1, -0.05) is 48.5 Å². The van der Waals surface area contributed by atoms with E-state index in [4.69, 9.17) is 0 Å². The number of hydrogen-bond donors (Lipinski definition) is 0. The first-order chi connectivity index (χ1) is 12.2. The van der Waals surface area contributed by atoms with E-state index in [2.05, 4.69) is 91.5 Å². The second-order valence-corrected chi connectivity index (χ2v) is 7.65. The Bertz CT molecular complexity index is 1260. The molecule has 25 heavy (non-hydrogen) atoms. The highest BCUT2D eigenvalue weighted by Crippen LogP contribution is 2.41. The number of aryl methyl sites for hydroxylation is 2. The Balaban J connectivity index is 1.99. The molecule has 0 spiro atoms. The summed E-state index contributed by atoms with van der Waals surface area (Å²) in [4.78, 5) is 0. The van der Waals surface area contributed by atoms with E-state index in [1.54, 1.807) is 0 Å². The second kappa shape index (κ2) is 5.40. The first-order valence-electron chi connectivity index (χ1n) is 8.52. The van der Waals surface area contributed by atoms with E-state index in [1.807, 2.05) is 11.3 Å². The molecule has 0 N–H and O–H groups in total. The van der Waals surface area contributed by atoms with Gasteiger partial charge in [0.2, 0.25) is 5.69 Å². The summed E-state index contributed by atoms with van der Waals surface area (Å²) in [6.45, 7) is 2.19. The van der Waals surface area contributed by atoms with Crippen molar-refractivity contribution in [3.05, 3.63) is 78.5 Å². The van der Waals surface area contributed by atoms with Crippen molar-refractivity contribution in [2.75, 3.05) is 0 Å². The maximum Gasteiger partial charge on any atom is 0.230 e. The number of aromatic nitrogens is 1. The van der Waals surface area contributed by atoms with Crippen molar-refractivity contribution in [3.8, 4) is 11.3 Å². The predicted octanol–water partition coefficient (Wildman–Crippen LogP) is 6.01. The van der Waals surface area contributed by atoms with Crippen LogP contribution in [-0.4, -0.2) is 0 Å². The molecule has 0 bridgehead atoms. The third kappa shape index (κ3) is 2.11. The molecule has 0 saturated carbocycles. The van der Waals surface area contributed by atoms with Crippen molar-refractivity contribution < 1.29 is 4.57 Å². The molecule has 0 radical (unpaired) electrons. The largest absolute Gasteiger partial charge is 0.230 e. The van der Waals surface area contributed by atoms with Gasteiger partial charge in [0, 0.05) is 21.5 Å². The van der Waals surface area contributed by atoms with Crippen LogP contribution in [0.4, 0.5) is 0 Å². The van der Waals surface area contributed by atoms with E-state index >= 15 is 0 Å². The van der Waals surface area contributed by atoms with Gasteiger partial charge in [0.05, 0.1) is 5.56 Å². The van der Waals surface area contributed by atoms with E-state index in [1.165, 1.54) is 47.8 Å². The van der Waals surface area contributed by atoms with Crippen LogP contribution in [0.3, 0.4) is 0 Å².